The molecule has 1 atom stereocenters. The highest BCUT2D eigenvalue weighted by molar-refractivity contribution is 7.85. The van der Waals surface area contributed by atoms with Crippen molar-refractivity contribution in [1.82, 2.24) is 0 Å². The second-order valence-corrected chi connectivity index (χ2v) is 5.64. The Bertz CT molecular complexity index is 257. The quantitative estimate of drug-likeness (QED) is 0.695. The molecular formula is C9H19NO3S. The third kappa shape index (κ3) is 3.94. The van der Waals surface area contributed by atoms with Crippen LogP contribution in [0.1, 0.15) is 32.1 Å². The maximum absolute atomic E-state index is 10.7. The number of nitrogens with two attached hydrogens (primary N) is 1. The molecule has 1 fully saturated rings. The average Bonchev–Trinajstić information content (AvgIpc) is 2.14. The van der Waals surface area contributed by atoms with Crippen LogP contribution in [0.15, 0.2) is 0 Å². The Balaban J connectivity index is 2.52. The van der Waals surface area contributed by atoms with Crippen molar-refractivity contribution in [2.45, 2.75) is 32.1 Å². The second-order valence-electron chi connectivity index (χ2n) is 4.14. The summed E-state index contributed by atoms with van der Waals surface area (Å²) in [6, 6.07) is 0. The van der Waals surface area contributed by atoms with Crippen LogP contribution in [0, 0.1) is 11.8 Å². The molecule has 1 aliphatic carbocycles. The molecule has 0 aliphatic heterocycles. The lowest BCUT2D eigenvalue weighted by atomic mass is 9.81. The highest BCUT2D eigenvalue weighted by atomic mass is 32.2. The van der Waals surface area contributed by atoms with E-state index in [2.05, 4.69) is 0 Å². The average molecular weight is 221 g/mol. The third-order valence-electron chi connectivity index (χ3n) is 3.04. The summed E-state index contributed by atoms with van der Waals surface area (Å²) in [6.07, 6.45) is 5.66. The molecule has 3 N–H and O–H groups in total. The summed E-state index contributed by atoms with van der Waals surface area (Å²) in [6.45, 7) is 0.352. The zero-order chi connectivity index (χ0) is 10.6. The summed E-state index contributed by atoms with van der Waals surface area (Å²) >= 11 is 0. The van der Waals surface area contributed by atoms with Crippen molar-refractivity contribution in [3.8, 4) is 0 Å². The van der Waals surface area contributed by atoms with E-state index in [-0.39, 0.29) is 11.7 Å². The molecule has 0 aromatic rings. The van der Waals surface area contributed by atoms with Crippen LogP contribution >= 0.6 is 0 Å². The minimum Gasteiger partial charge on any atom is -0.330 e. The van der Waals surface area contributed by atoms with Crippen molar-refractivity contribution >= 4 is 10.1 Å². The molecule has 0 saturated heterocycles. The molecular weight excluding hydrogens is 202 g/mol. The van der Waals surface area contributed by atoms with Gasteiger partial charge in [-0.3, -0.25) is 4.55 Å². The van der Waals surface area contributed by atoms with Gasteiger partial charge >= 0.3 is 0 Å². The Kier molecular flexibility index (Phi) is 4.34. The first-order chi connectivity index (χ1) is 6.53. The Morgan fingerprint density at radius 3 is 2.29 bits per heavy atom. The molecule has 1 rings (SSSR count). The molecule has 0 heterocycles. The maximum atomic E-state index is 10.7. The van der Waals surface area contributed by atoms with Gasteiger partial charge in [0, 0.05) is 0 Å². The molecule has 0 radical (unpaired) electrons. The fraction of sp³-hybridized carbons (Fsp3) is 1.00. The molecule has 0 spiro atoms. The smallest absolute Gasteiger partial charge is 0.265 e. The van der Waals surface area contributed by atoms with Crippen LogP contribution in [0.5, 0.6) is 0 Å². The van der Waals surface area contributed by atoms with Gasteiger partial charge in [0.05, 0.1) is 5.75 Å². The van der Waals surface area contributed by atoms with Crippen LogP contribution in [0.25, 0.3) is 0 Å². The number of hydrogen-bond acceptors (Lipinski definition) is 3. The summed E-state index contributed by atoms with van der Waals surface area (Å²) in [7, 11) is -3.86. The van der Waals surface area contributed by atoms with E-state index in [0.717, 1.165) is 25.7 Å². The zero-order valence-electron chi connectivity index (χ0n) is 8.35. The van der Waals surface area contributed by atoms with Gasteiger partial charge in [-0.05, 0) is 18.4 Å². The Morgan fingerprint density at radius 1 is 1.29 bits per heavy atom. The van der Waals surface area contributed by atoms with E-state index in [9.17, 15) is 8.42 Å². The van der Waals surface area contributed by atoms with Gasteiger partial charge in [-0.15, -0.1) is 0 Å². The summed E-state index contributed by atoms with van der Waals surface area (Å²) < 4.78 is 30.3. The summed E-state index contributed by atoms with van der Waals surface area (Å²) in [4.78, 5) is 0. The first-order valence-corrected chi connectivity index (χ1v) is 6.79. The van der Waals surface area contributed by atoms with Gasteiger partial charge in [0.2, 0.25) is 0 Å². The van der Waals surface area contributed by atoms with Crippen LogP contribution in [0.2, 0.25) is 0 Å². The predicted molar refractivity (Wildman–Crippen MR) is 55.5 cm³/mol. The minimum absolute atomic E-state index is 0.0645. The molecule has 1 aliphatic rings. The molecule has 1 unspecified atom stereocenters. The highest BCUT2D eigenvalue weighted by Crippen LogP contribution is 2.30. The van der Waals surface area contributed by atoms with E-state index >= 15 is 0 Å². The highest BCUT2D eigenvalue weighted by Gasteiger charge is 2.26. The van der Waals surface area contributed by atoms with Gasteiger partial charge in [-0.2, -0.15) is 8.42 Å². The molecule has 0 aromatic carbocycles. The fourth-order valence-electron chi connectivity index (χ4n) is 2.27. The largest absolute Gasteiger partial charge is 0.330 e. The van der Waals surface area contributed by atoms with E-state index in [1.165, 1.54) is 6.42 Å². The monoisotopic (exact) mass is 221 g/mol. The number of rotatable bonds is 4. The molecule has 0 amide bonds. The van der Waals surface area contributed by atoms with E-state index in [4.69, 9.17) is 10.3 Å². The Morgan fingerprint density at radius 2 is 1.86 bits per heavy atom. The number of hydrogen-bond donors (Lipinski definition) is 2. The third-order valence-corrected chi connectivity index (χ3v) is 3.89. The van der Waals surface area contributed by atoms with Crippen LogP contribution in [-0.2, 0) is 10.1 Å². The molecule has 5 heteroatoms. The minimum atomic E-state index is -3.86. The van der Waals surface area contributed by atoms with Crippen LogP contribution in [0.3, 0.4) is 0 Å². The molecule has 0 bridgehead atoms. The van der Waals surface area contributed by atoms with Crippen molar-refractivity contribution in [3.63, 3.8) is 0 Å². The second kappa shape index (κ2) is 5.09. The summed E-state index contributed by atoms with van der Waals surface area (Å²) in [5, 5.41) is 0. The Labute approximate surface area is 85.6 Å². The lowest BCUT2D eigenvalue weighted by Crippen LogP contribution is -2.31. The first-order valence-electron chi connectivity index (χ1n) is 5.18. The van der Waals surface area contributed by atoms with Crippen LogP contribution < -0.4 is 5.73 Å². The summed E-state index contributed by atoms with van der Waals surface area (Å²) in [5.41, 5.74) is 5.54. The van der Waals surface area contributed by atoms with Gasteiger partial charge in [-0.1, -0.05) is 32.1 Å². The molecule has 84 valence electrons. The van der Waals surface area contributed by atoms with E-state index in [1.807, 2.05) is 0 Å². The standard InChI is InChI=1S/C9H19NO3S/c10-6-9(7-14(11,12)13)8-4-2-1-3-5-8/h8-9H,1-7,10H2,(H,11,12,13). The lowest BCUT2D eigenvalue weighted by Gasteiger charge is -2.28. The van der Waals surface area contributed by atoms with Crippen molar-refractivity contribution in [2.75, 3.05) is 12.3 Å². The van der Waals surface area contributed by atoms with Crippen molar-refractivity contribution in [2.24, 2.45) is 17.6 Å². The predicted octanol–water partition coefficient (Wildman–Crippen LogP) is 1.03. The van der Waals surface area contributed by atoms with Gasteiger partial charge in [0.25, 0.3) is 10.1 Å². The fourth-order valence-corrected chi connectivity index (χ4v) is 3.22. The van der Waals surface area contributed by atoms with E-state index in [0.29, 0.717) is 12.5 Å². The SMILES string of the molecule is NCC(CS(=O)(=O)O)C1CCCCC1. The maximum Gasteiger partial charge on any atom is 0.265 e. The molecule has 4 nitrogen and oxygen atoms in total. The van der Waals surface area contributed by atoms with Gasteiger partial charge in [0.15, 0.2) is 0 Å². The van der Waals surface area contributed by atoms with E-state index < -0.39 is 10.1 Å². The summed E-state index contributed by atoms with van der Waals surface area (Å²) in [5.74, 6) is 0.148. The molecule has 0 aromatic heterocycles. The van der Waals surface area contributed by atoms with Crippen molar-refractivity contribution in [3.05, 3.63) is 0 Å². The van der Waals surface area contributed by atoms with Gasteiger partial charge in [0.1, 0.15) is 0 Å². The Hall–Kier alpha value is -0.130. The molecule has 1 saturated carbocycles. The van der Waals surface area contributed by atoms with Crippen molar-refractivity contribution in [1.29, 1.82) is 0 Å². The van der Waals surface area contributed by atoms with Gasteiger partial charge < -0.3 is 5.73 Å². The lowest BCUT2D eigenvalue weighted by molar-refractivity contribution is 0.267. The van der Waals surface area contributed by atoms with Gasteiger partial charge in [-0.25, -0.2) is 0 Å². The van der Waals surface area contributed by atoms with Crippen LogP contribution in [-0.4, -0.2) is 25.3 Å². The van der Waals surface area contributed by atoms with Crippen LogP contribution in [0.4, 0.5) is 0 Å². The topological polar surface area (TPSA) is 80.4 Å². The zero-order valence-corrected chi connectivity index (χ0v) is 9.17. The normalized spacial score (nSPS) is 22.1. The van der Waals surface area contributed by atoms with Crippen molar-refractivity contribution < 1.29 is 13.0 Å². The van der Waals surface area contributed by atoms with E-state index in [1.54, 1.807) is 0 Å². The first kappa shape index (κ1) is 11.9. The molecule has 14 heavy (non-hydrogen) atoms.